The zero-order valence-electron chi connectivity index (χ0n) is 13.6. The van der Waals surface area contributed by atoms with Crippen LogP contribution < -0.4 is 15.0 Å². The molecule has 4 heteroatoms. The summed E-state index contributed by atoms with van der Waals surface area (Å²) in [7, 11) is 0. The van der Waals surface area contributed by atoms with Gasteiger partial charge < -0.3 is 15.0 Å². The second-order valence-electron chi connectivity index (χ2n) is 5.79. The third kappa shape index (κ3) is 3.31. The fourth-order valence-corrected chi connectivity index (χ4v) is 3.07. The van der Waals surface area contributed by atoms with Crippen molar-refractivity contribution in [3.8, 4) is 5.75 Å². The standard InChI is InChI=1S/C19H22N2O2/c1-3-23-18-11-7-5-9-16(18)20-19(22)13-21-14(2)12-15-8-4-6-10-17(15)21/h4-11,14H,3,12-13H2,1-2H3,(H,20,22)/t14-/m1/s1. The summed E-state index contributed by atoms with van der Waals surface area (Å²) in [6.45, 7) is 5.00. The van der Waals surface area contributed by atoms with E-state index >= 15 is 0 Å². The SMILES string of the molecule is CCOc1ccccc1NC(=O)CN1c2ccccc2C[C@H]1C. The summed E-state index contributed by atoms with van der Waals surface area (Å²) >= 11 is 0. The Morgan fingerprint density at radius 3 is 2.78 bits per heavy atom. The van der Waals surface area contributed by atoms with E-state index in [9.17, 15) is 4.79 Å². The number of nitrogens with zero attached hydrogens (tertiary/aromatic N) is 1. The molecule has 0 spiro atoms. The molecule has 4 nitrogen and oxygen atoms in total. The van der Waals surface area contributed by atoms with Crippen molar-refractivity contribution < 1.29 is 9.53 Å². The predicted molar refractivity (Wildman–Crippen MR) is 93.2 cm³/mol. The van der Waals surface area contributed by atoms with Crippen LogP contribution in [0.1, 0.15) is 19.4 Å². The van der Waals surface area contributed by atoms with E-state index in [0.29, 0.717) is 24.9 Å². The van der Waals surface area contributed by atoms with Crippen LogP contribution in [0.25, 0.3) is 0 Å². The van der Waals surface area contributed by atoms with Gasteiger partial charge in [0.2, 0.25) is 5.91 Å². The largest absolute Gasteiger partial charge is 0.492 e. The normalized spacial score (nSPS) is 16.1. The molecule has 0 saturated heterocycles. The lowest BCUT2D eigenvalue weighted by Gasteiger charge is -2.24. The van der Waals surface area contributed by atoms with Crippen molar-refractivity contribution in [2.24, 2.45) is 0 Å². The quantitative estimate of drug-likeness (QED) is 0.919. The van der Waals surface area contributed by atoms with Crippen molar-refractivity contribution >= 4 is 17.3 Å². The third-order valence-electron chi connectivity index (χ3n) is 4.12. The minimum Gasteiger partial charge on any atom is -0.492 e. The minimum absolute atomic E-state index is 0.0271. The molecule has 3 rings (SSSR count). The number of hydrogen-bond donors (Lipinski definition) is 1. The van der Waals surface area contributed by atoms with Gasteiger partial charge in [-0.25, -0.2) is 0 Å². The number of hydrogen-bond acceptors (Lipinski definition) is 3. The Hall–Kier alpha value is -2.49. The molecule has 2 aromatic carbocycles. The first kappa shape index (κ1) is 15.4. The van der Waals surface area contributed by atoms with E-state index in [-0.39, 0.29) is 5.91 Å². The minimum atomic E-state index is -0.0271. The van der Waals surface area contributed by atoms with Crippen molar-refractivity contribution in [2.45, 2.75) is 26.3 Å². The van der Waals surface area contributed by atoms with Crippen molar-refractivity contribution in [1.29, 1.82) is 0 Å². The van der Waals surface area contributed by atoms with Gasteiger partial charge in [-0.05, 0) is 44.0 Å². The van der Waals surface area contributed by atoms with Crippen molar-refractivity contribution in [1.82, 2.24) is 0 Å². The van der Waals surface area contributed by atoms with Crippen LogP contribution in [-0.4, -0.2) is 25.1 Å². The molecule has 0 fully saturated rings. The number of ether oxygens (including phenoxy) is 1. The highest BCUT2D eigenvalue weighted by molar-refractivity contribution is 5.95. The maximum atomic E-state index is 12.5. The van der Waals surface area contributed by atoms with Gasteiger partial charge in [0.25, 0.3) is 0 Å². The topological polar surface area (TPSA) is 41.6 Å². The van der Waals surface area contributed by atoms with Crippen LogP contribution >= 0.6 is 0 Å². The number of amides is 1. The Balaban J connectivity index is 1.71. The zero-order chi connectivity index (χ0) is 16.2. The van der Waals surface area contributed by atoms with Crippen molar-refractivity contribution in [3.63, 3.8) is 0 Å². The van der Waals surface area contributed by atoms with Crippen LogP contribution in [0.4, 0.5) is 11.4 Å². The molecule has 120 valence electrons. The van der Waals surface area contributed by atoms with Crippen LogP contribution in [0.15, 0.2) is 48.5 Å². The van der Waals surface area contributed by atoms with Crippen molar-refractivity contribution in [2.75, 3.05) is 23.4 Å². The first-order chi connectivity index (χ1) is 11.2. The first-order valence-electron chi connectivity index (χ1n) is 8.05. The molecule has 1 aliphatic rings. The number of rotatable bonds is 5. The van der Waals surface area contributed by atoms with E-state index in [1.165, 1.54) is 5.56 Å². The van der Waals surface area contributed by atoms with Gasteiger partial charge in [-0.15, -0.1) is 0 Å². The van der Waals surface area contributed by atoms with Gasteiger partial charge in [0.15, 0.2) is 0 Å². The molecule has 23 heavy (non-hydrogen) atoms. The number of benzene rings is 2. The average molecular weight is 310 g/mol. The predicted octanol–water partition coefficient (Wildman–Crippen LogP) is 3.48. The Morgan fingerprint density at radius 1 is 1.22 bits per heavy atom. The summed E-state index contributed by atoms with van der Waals surface area (Å²) in [4.78, 5) is 14.6. The second-order valence-corrected chi connectivity index (χ2v) is 5.79. The molecule has 0 unspecified atom stereocenters. The van der Waals surface area contributed by atoms with E-state index in [0.717, 1.165) is 17.8 Å². The van der Waals surface area contributed by atoms with Gasteiger partial charge in [0.05, 0.1) is 18.8 Å². The summed E-state index contributed by atoms with van der Waals surface area (Å²) in [5, 5.41) is 2.97. The van der Waals surface area contributed by atoms with Crippen LogP contribution in [-0.2, 0) is 11.2 Å². The summed E-state index contributed by atoms with van der Waals surface area (Å²) < 4.78 is 5.56. The van der Waals surface area contributed by atoms with E-state index in [1.807, 2.05) is 43.3 Å². The summed E-state index contributed by atoms with van der Waals surface area (Å²) in [5.41, 5.74) is 3.19. The monoisotopic (exact) mass is 310 g/mol. The first-order valence-corrected chi connectivity index (χ1v) is 8.05. The van der Waals surface area contributed by atoms with Gasteiger partial charge in [0, 0.05) is 11.7 Å². The number of fused-ring (bicyclic) bond motifs is 1. The number of para-hydroxylation sites is 3. The molecule has 0 saturated carbocycles. The summed E-state index contributed by atoms with van der Waals surface area (Å²) in [6, 6.07) is 16.1. The molecule has 2 aromatic rings. The number of carbonyl (C=O) groups excluding carboxylic acids is 1. The van der Waals surface area contributed by atoms with E-state index in [2.05, 4.69) is 29.3 Å². The highest BCUT2D eigenvalue weighted by atomic mass is 16.5. The molecular weight excluding hydrogens is 288 g/mol. The Bertz CT molecular complexity index is 699. The molecule has 1 heterocycles. The fraction of sp³-hybridized carbons (Fsp3) is 0.316. The van der Waals surface area contributed by atoms with Gasteiger partial charge in [-0.2, -0.15) is 0 Å². The van der Waals surface area contributed by atoms with E-state index in [4.69, 9.17) is 4.74 Å². The maximum absolute atomic E-state index is 12.5. The molecule has 0 bridgehead atoms. The van der Waals surface area contributed by atoms with Crippen LogP contribution in [0.3, 0.4) is 0 Å². The molecule has 1 atom stereocenters. The number of carbonyl (C=O) groups is 1. The summed E-state index contributed by atoms with van der Waals surface area (Å²) in [6.07, 6.45) is 0.985. The zero-order valence-corrected chi connectivity index (χ0v) is 13.6. The van der Waals surface area contributed by atoms with E-state index < -0.39 is 0 Å². The van der Waals surface area contributed by atoms with Crippen molar-refractivity contribution in [3.05, 3.63) is 54.1 Å². The molecule has 0 aromatic heterocycles. The van der Waals surface area contributed by atoms with Crippen LogP contribution in [0.5, 0.6) is 5.75 Å². The Kier molecular flexibility index (Phi) is 4.51. The fourth-order valence-electron chi connectivity index (χ4n) is 3.07. The molecule has 1 amide bonds. The average Bonchev–Trinajstić information content (AvgIpc) is 2.85. The number of nitrogens with one attached hydrogen (secondary N) is 1. The van der Waals surface area contributed by atoms with Crippen LogP contribution in [0.2, 0.25) is 0 Å². The lowest BCUT2D eigenvalue weighted by molar-refractivity contribution is -0.115. The molecule has 0 radical (unpaired) electrons. The van der Waals surface area contributed by atoms with Crippen LogP contribution in [0, 0.1) is 0 Å². The van der Waals surface area contributed by atoms with Gasteiger partial charge >= 0.3 is 0 Å². The molecule has 0 aliphatic carbocycles. The number of anilines is 2. The lowest BCUT2D eigenvalue weighted by Crippen LogP contribution is -2.37. The van der Waals surface area contributed by atoms with Gasteiger partial charge in [0.1, 0.15) is 5.75 Å². The smallest absolute Gasteiger partial charge is 0.244 e. The third-order valence-corrected chi connectivity index (χ3v) is 4.12. The summed E-state index contributed by atoms with van der Waals surface area (Å²) in [5.74, 6) is 0.680. The highest BCUT2D eigenvalue weighted by Crippen LogP contribution is 2.31. The second kappa shape index (κ2) is 6.73. The van der Waals surface area contributed by atoms with Gasteiger partial charge in [-0.3, -0.25) is 4.79 Å². The lowest BCUT2D eigenvalue weighted by atomic mass is 10.1. The van der Waals surface area contributed by atoms with Gasteiger partial charge in [-0.1, -0.05) is 30.3 Å². The maximum Gasteiger partial charge on any atom is 0.244 e. The Labute approximate surface area is 137 Å². The highest BCUT2D eigenvalue weighted by Gasteiger charge is 2.27. The molecular formula is C19H22N2O2. The molecule has 1 aliphatic heterocycles. The molecule has 1 N–H and O–H groups in total. The van der Waals surface area contributed by atoms with E-state index in [1.54, 1.807) is 0 Å². The Morgan fingerprint density at radius 2 is 1.96 bits per heavy atom.